The highest BCUT2D eigenvalue weighted by atomic mass is 19.4. The summed E-state index contributed by atoms with van der Waals surface area (Å²) >= 11 is 0. The van der Waals surface area contributed by atoms with Gasteiger partial charge in [0.15, 0.2) is 0 Å². The Bertz CT molecular complexity index is 1240. The first kappa shape index (κ1) is 33.7. The van der Waals surface area contributed by atoms with Gasteiger partial charge in [0, 0.05) is 11.8 Å². The average Bonchev–Trinajstić information content (AvgIpc) is 3.17. The van der Waals surface area contributed by atoms with E-state index >= 15 is 0 Å². The van der Waals surface area contributed by atoms with E-state index in [0.717, 1.165) is 17.5 Å². The van der Waals surface area contributed by atoms with Gasteiger partial charge in [-0.3, -0.25) is 0 Å². The van der Waals surface area contributed by atoms with Crippen molar-refractivity contribution in [3.63, 3.8) is 0 Å². The van der Waals surface area contributed by atoms with Gasteiger partial charge in [0.1, 0.15) is 5.75 Å². The van der Waals surface area contributed by atoms with E-state index in [1.54, 1.807) is 6.92 Å². The molecule has 0 aromatic heterocycles. The lowest BCUT2D eigenvalue weighted by Gasteiger charge is -2.52. The molecule has 1 aromatic rings. The van der Waals surface area contributed by atoms with Crippen LogP contribution < -0.4 is 4.74 Å². The van der Waals surface area contributed by atoms with Crippen LogP contribution in [0.15, 0.2) is 30.4 Å². The molecule has 244 valence electrons. The molecule has 0 saturated heterocycles. The zero-order valence-electron chi connectivity index (χ0n) is 22.8. The summed E-state index contributed by atoms with van der Waals surface area (Å²) in [7, 11) is 1.54. The van der Waals surface area contributed by atoms with E-state index in [0.29, 0.717) is 37.5 Å². The van der Waals surface area contributed by atoms with E-state index in [1.807, 2.05) is 18.2 Å². The van der Waals surface area contributed by atoms with Gasteiger partial charge in [0.25, 0.3) is 0 Å². The largest absolute Gasteiger partial charge is 0.497 e. The van der Waals surface area contributed by atoms with Crippen LogP contribution in [0.25, 0.3) is 0 Å². The van der Waals surface area contributed by atoms with Crippen molar-refractivity contribution >= 4 is 0 Å². The fourth-order valence-electron chi connectivity index (χ4n) is 7.34. The summed E-state index contributed by atoms with van der Waals surface area (Å²) in [6, 6.07) is 5.72. The van der Waals surface area contributed by atoms with Crippen molar-refractivity contribution in [1.29, 1.82) is 0 Å². The maximum absolute atomic E-state index is 14.3. The van der Waals surface area contributed by atoms with Crippen molar-refractivity contribution in [1.82, 2.24) is 0 Å². The van der Waals surface area contributed by atoms with Crippen molar-refractivity contribution in [3.05, 3.63) is 41.5 Å². The van der Waals surface area contributed by atoms with Crippen molar-refractivity contribution < 1.29 is 66.9 Å². The summed E-state index contributed by atoms with van der Waals surface area (Å²) in [4.78, 5) is 0. The maximum atomic E-state index is 14.3. The van der Waals surface area contributed by atoms with Crippen LogP contribution in [0.4, 0.5) is 57.1 Å². The molecule has 1 aromatic carbocycles. The zero-order valence-corrected chi connectivity index (χ0v) is 22.8. The lowest BCUT2D eigenvalue weighted by atomic mass is 9.53. The Morgan fingerprint density at radius 1 is 0.837 bits per heavy atom. The third kappa shape index (κ3) is 4.72. The van der Waals surface area contributed by atoms with Crippen LogP contribution in [0, 0.1) is 17.3 Å². The Labute approximate surface area is 238 Å². The molecule has 1 N–H and O–H groups in total. The standard InChI is InChI=1S/C28H29F13O2/c1-21-12-8-18-17-7-5-16(43-2)14-15(17)4-6-19(18)20(21)9-13-22(21,42)10-3-11-23(29,30)24(31,32)25(33,34)26(35,36)27(37,38)28(39,40)41/h3,5,7,10,14,18-20,42H,4,6,8-9,11-13H2,1-2H3/b10-3+/t18-,19-,20+,21+,22+/m1/s1. The number of halogens is 13. The molecule has 15 heteroatoms. The number of ether oxygens (including phenoxy) is 1. The van der Waals surface area contributed by atoms with Gasteiger partial charge in [-0.15, -0.1) is 0 Å². The summed E-state index contributed by atoms with van der Waals surface area (Å²) in [5.74, 6) is -36.4. The molecule has 5 atom stereocenters. The SMILES string of the molecule is COc1ccc2c(c1)CC[C@@H]1[C@@H]2CC[C@@]2(C)[C@H]1CC[C@@]2(O)/C=C/CC(F)(F)C(F)(F)C(F)(F)C(F)(F)C(F)(F)C(F)(F)F. The van der Waals surface area contributed by atoms with Crippen LogP contribution in [-0.2, 0) is 6.42 Å². The second-order valence-electron chi connectivity index (χ2n) is 12.0. The summed E-state index contributed by atoms with van der Waals surface area (Å²) in [6.45, 7) is 1.68. The van der Waals surface area contributed by atoms with Gasteiger partial charge in [0.05, 0.1) is 12.7 Å². The van der Waals surface area contributed by atoms with Gasteiger partial charge in [-0.1, -0.05) is 25.1 Å². The number of rotatable bonds is 8. The monoisotopic (exact) mass is 644 g/mol. The lowest BCUT2D eigenvalue weighted by molar-refractivity contribution is -0.439. The molecule has 3 aliphatic rings. The van der Waals surface area contributed by atoms with Gasteiger partial charge < -0.3 is 9.84 Å². The molecule has 0 unspecified atom stereocenters. The fraction of sp³-hybridized carbons (Fsp3) is 0.714. The van der Waals surface area contributed by atoms with Crippen LogP contribution in [0.3, 0.4) is 0 Å². The number of methoxy groups -OCH3 is 1. The van der Waals surface area contributed by atoms with E-state index < -0.39 is 53.2 Å². The number of benzene rings is 1. The van der Waals surface area contributed by atoms with Crippen LogP contribution in [0.1, 0.15) is 62.5 Å². The number of aliphatic hydroxyl groups is 1. The minimum Gasteiger partial charge on any atom is -0.497 e. The third-order valence-corrected chi connectivity index (χ3v) is 9.91. The molecule has 0 bridgehead atoms. The Morgan fingerprint density at radius 2 is 1.44 bits per heavy atom. The van der Waals surface area contributed by atoms with E-state index in [-0.39, 0.29) is 30.3 Å². The number of hydrogen-bond donors (Lipinski definition) is 1. The normalized spacial score (nSPS) is 30.7. The molecule has 0 aliphatic heterocycles. The topological polar surface area (TPSA) is 29.5 Å². The third-order valence-electron chi connectivity index (χ3n) is 9.91. The van der Waals surface area contributed by atoms with E-state index in [1.165, 1.54) is 7.11 Å². The summed E-state index contributed by atoms with van der Waals surface area (Å²) in [5, 5.41) is 11.5. The Morgan fingerprint density at radius 3 is 2.02 bits per heavy atom. The Hall–Kier alpha value is -2.19. The smallest absolute Gasteiger partial charge is 0.460 e. The van der Waals surface area contributed by atoms with Gasteiger partial charge in [-0.2, -0.15) is 57.1 Å². The molecule has 0 radical (unpaired) electrons. The summed E-state index contributed by atoms with van der Waals surface area (Å²) < 4.78 is 180. The predicted octanol–water partition coefficient (Wildman–Crippen LogP) is 8.97. The fourth-order valence-corrected chi connectivity index (χ4v) is 7.34. The quantitative estimate of drug-likeness (QED) is 0.226. The first-order valence-electron chi connectivity index (χ1n) is 13.4. The number of allylic oxidation sites excluding steroid dienone is 1. The lowest BCUT2D eigenvalue weighted by Crippen LogP contribution is -2.70. The number of hydrogen-bond acceptors (Lipinski definition) is 2. The highest BCUT2D eigenvalue weighted by Crippen LogP contribution is 2.65. The van der Waals surface area contributed by atoms with Crippen molar-refractivity contribution in [3.8, 4) is 5.75 Å². The highest BCUT2D eigenvalue weighted by Gasteiger charge is 2.90. The maximum Gasteiger partial charge on any atom is 0.460 e. The molecular weight excluding hydrogens is 615 g/mol. The second-order valence-corrected chi connectivity index (χ2v) is 12.0. The molecule has 2 saturated carbocycles. The minimum absolute atomic E-state index is 0.0304. The molecule has 0 heterocycles. The highest BCUT2D eigenvalue weighted by molar-refractivity contribution is 5.41. The molecule has 2 nitrogen and oxygen atoms in total. The van der Waals surface area contributed by atoms with Crippen molar-refractivity contribution in [2.24, 2.45) is 17.3 Å². The first-order valence-corrected chi connectivity index (χ1v) is 13.4. The predicted molar refractivity (Wildman–Crippen MR) is 127 cm³/mol. The van der Waals surface area contributed by atoms with Crippen molar-refractivity contribution in [2.45, 2.75) is 99.2 Å². The van der Waals surface area contributed by atoms with E-state index in [9.17, 15) is 62.2 Å². The minimum atomic E-state index is -7.93. The van der Waals surface area contributed by atoms with Gasteiger partial charge in [0.2, 0.25) is 0 Å². The molecular formula is C28H29F13O2. The molecule has 43 heavy (non-hydrogen) atoms. The first-order chi connectivity index (χ1) is 19.4. The number of aryl methyl sites for hydroxylation is 1. The van der Waals surface area contributed by atoms with Crippen LogP contribution in [0.2, 0.25) is 0 Å². The van der Waals surface area contributed by atoms with E-state index in [4.69, 9.17) is 4.74 Å². The molecule has 0 amide bonds. The molecule has 2 fully saturated rings. The molecule has 0 spiro atoms. The zero-order chi connectivity index (χ0) is 32.7. The van der Waals surface area contributed by atoms with Crippen LogP contribution in [0.5, 0.6) is 5.75 Å². The van der Waals surface area contributed by atoms with Crippen molar-refractivity contribution in [2.75, 3.05) is 7.11 Å². The summed E-state index contributed by atoms with van der Waals surface area (Å²) in [6.07, 6.45) is -6.34. The van der Waals surface area contributed by atoms with Crippen LogP contribution >= 0.6 is 0 Å². The van der Waals surface area contributed by atoms with Gasteiger partial charge in [-0.05, 0) is 79.5 Å². The van der Waals surface area contributed by atoms with Crippen LogP contribution in [-0.4, -0.2) is 53.6 Å². The average molecular weight is 645 g/mol. The molecule has 3 aliphatic carbocycles. The van der Waals surface area contributed by atoms with Gasteiger partial charge in [-0.25, -0.2) is 0 Å². The molecule has 4 rings (SSSR count). The Balaban J connectivity index is 1.54. The summed E-state index contributed by atoms with van der Waals surface area (Å²) in [5.41, 5.74) is -0.654. The number of fused-ring (bicyclic) bond motifs is 5. The second kappa shape index (κ2) is 10.2. The van der Waals surface area contributed by atoms with Gasteiger partial charge >= 0.3 is 35.8 Å². The van der Waals surface area contributed by atoms with E-state index in [2.05, 4.69) is 0 Å². The Kier molecular flexibility index (Phi) is 7.96. The number of alkyl halides is 13.